The van der Waals surface area contributed by atoms with Gasteiger partial charge in [-0.2, -0.15) is 0 Å². The number of carbonyl (C=O) groups excluding carboxylic acids is 1. The van der Waals surface area contributed by atoms with Crippen molar-refractivity contribution in [3.63, 3.8) is 0 Å². The van der Waals surface area contributed by atoms with Crippen LogP contribution < -0.4 is 10.6 Å². The van der Waals surface area contributed by atoms with Crippen molar-refractivity contribution in [3.05, 3.63) is 33.9 Å². The van der Waals surface area contributed by atoms with Gasteiger partial charge in [0.15, 0.2) is 0 Å². The summed E-state index contributed by atoms with van der Waals surface area (Å²) < 4.78 is 0. The summed E-state index contributed by atoms with van der Waals surface area (Å²) in [6, 6.07) is 4.83. The summed E-state index contributed by atoms with van der Waals surface area (Å²) in [6.07, 6.45) is 1.98. The van der Waals surface area contributed by atoms with Crippen molar-refractivity contribution >= 4 is 17.3 Å². The van der Waals surface area contributed by atoms with Gasteiger partial charge >= 0.3 is 0 Å². The molecule has 0 aromatic heterocycles. The molecule has 0 spiro atoms. The molecule has 114 valence electrons. The molecule has 1 amide bonds. The average molecular weight is 292 g/mol. The van der Waals surface area contributed by atoms with E-state index >= 15 is 0 Å². The van der Waals surface area contributed by atoms with Crippen LogP contribution in [0, 0.1) is 10.1 Å². The Kier molecular flexibility index (Phi) is 4.74. The number of benzene rings is 1. The molecule has 1 heterocycles. The number of piperidine rings is 1. The number of nitrogens with one attached hydrogen (secondary N) is 2. The van der Waals surface area contributed by atoms with Gasteiger partial charge in [0.05, 0.1) is 4.92 Å². The highest BCUT2D eigenvalue weighted by Gasteiger charge is 2.25. The smallest absolute Gasteiger partial charge is 0.293 e. The Morgan fingerprint density at radius 1 is 1.43 bits per heavy atom. The first-order valence-corrected chi connectivity index (χ1v) is 6.99. The summed E-state index contributed by atoms with van der Waals surface area (Å²) in [5.74, 6) is -0.152. The molecule has 1 aromatic carbocycles. The minimum atomic E-state index is -0.477. The number of nitrogens with zero attached hydrogens (tertiary/aromatic N) is 2. The normalized spacial score (nSPS) is 18.4. The molecule has 1 fully saturated rings. The summed E-state index contributed by atoms with van der Waals surface area (Å²) >= 11 is 0. The second-order valence-electron chi connectivity index (χ2n) is 5.12. The van der Waals surface area contributed by atoms with Crippen LogP contribution in [0.2, 0.25) is 0 Å². The zero-order chi connectivity index (χ0) is 15.4. The first kappa shape index (κ1) is 15.2. The summed E-state index contributed by atoms with van der Waals surface area (Å²) in [4.78, 5) is 24.8. The molecule has 1 unspecified atom stereocenters. The molecule has 0 aliphatic carbocycles. The van der Waals surface area contributed by atoms with Crippen molar-refractivity contribution in [3.8, 4) is 0 Å². The third kappa shape index (κ3) is 3.30. The molecular weight excluding hydrogens is 272 g/mol. The maximum atomic E-state index is 12.5. The van der Waals surface area contributed by atoms with Crippen LogP contribution in [0.25, 0.3) is 0 Å². The summed E-state index contributed by atoms with van der Waals surface area (Å²) in [6.45, 7) is 1.33. The maximum Gasteiger partial charge on any atom is 0.293 e. The van der Waals surface area contributed by atoms with Gasteiger partial charge in [0, 0.05) is 37.8 Å². The molecule has 2 N–H and O–H groups in total. The fraction of sp³-hybridized carbons (Fsp3) is 0.500. The second-order valence-corrected chi connectivity index (χ2v) is 5.12. The number of likely N-dealkylation sites (tertiary alicyclic amines) is 1. The lowest BCUT2D eigenvalue weighted by molar-refractivity contribution is -0.384. The molecule has 7 nitrogen and oxygen atoms in total. The first-order valence-electron chi connectivity index (χ1n) is 6.99. The van der Waals surface area contributed by atoms with E-state index in [1.54, 1.807) is 24.1 Å². The fourth-order valence-corrected chi connectivity index (χ4v) is 2.61. The second kappa shape index (κ2) is 6.53. The molecule has 21 heavy (non-hydrogen) atoms. The van der Waals surface area contributed by atoms with Crippen LogP contribution >= 0.6 is 0 Å². The molecule has 0 bridgehead atoms. The lowest BCUT2D eigenvalue weighted by atomic mass is 10.0. The highest BCUT2D eigenvalue weighted by molar-refractivity contribution is 5.95. The quantitative estimate of drug-likeness (QED) is 0.648. The molecular formula is C14H20N4O3. The average Bonchev–Trinajstić information content (AvgIpc) is 2.53. The molecule has 1 aliphatic heterocycles. The van der Waals surface area contributed by atoms with Crippen molar-refractivity contribution in [1.82, 2.24) is 10.2 Å². The Morgan fingerprint density at radius 2 is 2.19 bits per heavy atom. The summed E-state index contributed by atoms with van der Waals surface area (Å²) in [5, 5.41) is 17.0. The number of hydrogen-bond donors (Lipinski definition) is 2. The number of hydrogen-bond acceptors (Lipinski definition) is 5. The predicted octanol–water partition coefficient (Wildman–Crippen LogP) is 1.46. The number of amides is 1. The van der Waals surface area contributed by atoms with Gasteiger partial charge in [-0.3, -0.25) is 14.9 Å². The van der Waals surface area contributed by atoms with E-state index in [1.807, 2.05) is 7.05 Å². The van der Waals surface area contributed by atoms with E-state index in [0.717, 1.165) is 12.8 Å². The van der Waals surface area contributed by atoms with Gasteiger partial charge in [-0.05, 0) is 32.0 Å². The van der Waals surface area contributed by atoms with E-state index < -0.39 is 4.92 Å². The van der Waals surface area contributed by atoms with E-state index in [4.69, 9.17) is 0 Å². The van der Waals surface area contributed by atoms with Crippen LogP contribution in [0.3, 0.4) is 0 Å². The summed E-state index contributed by atoms with van der Waals surface area (Å²) in [7, 11) is 3.50. The third-order valence-corrected chi connectivity index (χ3v) is 3.83. The lowest BCUT2D eigenvalue weighted by Gasteiger charge is -2.32. The van der Waals surface area contributed by atoms with Gasteiger partial charge in [0.2, 0.25) is 0 Å². The van der Waals surface area contributed by atoms with Crippen molar-refractivity contribution in [2.75, 3.05) is 32.5 Å². The molecule has 1 atom stereocenters. The monoisotopic (exact) mass is 292 g/mol. The molecule has 1 aromatic rings. The molecule has 0 radical (unpaired) electrons. The molecule has 7 heteroatoms. The van der Waals surface area contributed by atoms with Crippen molar-refractivity contribution in [2.45, 2.75) is 18.9 Å². The number of nitro benzene ring substituents is 1. The Labute approximate surface area is 123 Å². The van der Waals surface area contributed by atoms with Gasteiger partial charge < -0.3 is 15.5 Å². The van der Waals surface area contributed by atoms with Gasteiger partial charge in [-0.15, -0.1) is 0 Å². The van der Waals surface area contributed by atoms with Crippen LogP contribution in [0.15, 0.2) is 18.2 Å². The Bertz CT molecular complexity index is 547. The highest BCUT2D eigenvalue weighted by atomic mass is 16.6. The Morgan fingerprint density at radius 3 is 2.81 bits per heavy atom. The topological polar surface area (TPSA) is 87.5 Å². The lowest BCUT2D eigenvalue weighted by Crippen LogP contribution is -2.46. The van der Waals surface area contributed by atoms with E-state index in [2.05, 4.69) is 10.6 Å². The van der Waals surface area contributed by atoms with Crippen LogP contribution in [-0.4, -0.2) is 49.0 Å². The Hall–Kier alpha value is -2.15. The zero-order valence-corrected chi connectivity index (χ0v) is 12.3. The van der Waals surface area contributed by atoms with Crippen LogP contribution in [0.4, 0.5) is 11.4 Å². The van der Waals surface area contributed by atoms with Crippen molar-refractivity contribution < 1.29 is 9.72 Å². The Balaban J connectivity index is 2.23. The maximum absolute atomic E-state index is 12.5. The van der Waals surface area contributed by atoms with E-state index in [-0.39, 0.29) is 17.6 Å². The minimum absolute atomic E-state index is 0.0782. The zero-order valence-electron chi connectivity index (χ0n) is 12.3. The molecule has 0 saturated carbocycles. The van der Waals surface area contributed by atoms with Crippen molar-refractivity contribution in [1.29, 1.82) is 0 Å². The highest BCUT2D eigenvalue weighted by Crippen LogP contribution is 2.26. The largest absolute Gasteiger partial charge is 0.383 e. The van der Waals surface area contributed by atoms with E-state index in [0.29, 0.717) is 24.3 Å². The number of anilines is 1. The van der Waals surface area contributed by atoms with Crippen LogP contribution in [-0.2, 0) is 0 Å². The van der Waals surface area contributed by atoms with Gasteiger partial charge in [-0.25, -0.2) is 0 Å². The van der Waals surface area contributed by atoms with Crippen molar-refractivity contribution in [2.24, 2.45) is 0 Å². The van der Waals surface area contributed by atoms with Gasteiger partial charge in [0.25, 0.3) is 11.6 Å². The fourth-order valence-electron chi connectivity index (χ4n) is 2.61. The number of carbonyl (C=O) groups is 1. The number of likely N-dealkylation sites (N-methyl/N-ethyl adjacent to an activating group) is 1. The van der Waals surface area contributed by atoms with E-state index in [1.165, 1.54) is 6.07 Å². The minimum Gasteiger partial charge on any atom is -0.383 e. The summed E-state index contributed by atoms with van der Waals surface area (Å²) in [5.41, 5.74) is 0.686. The molecule has 1 saturated heterocycles. The third-order valence-electron chi connectivity index (χ3n) is 3.83. The number of rotatable bonds is 4. The van der Waals surface area contributed by atoms with Gasteiger partial charge in [0.1, 0.15) is 5.69 Å². The van der Waals surface area contributed by atoms with Crippen LogP contribution in [0.5, 0.6) is 0 Å². The standard InChI is InChI=1S/C14H20N4O3/c1-15-11-4-3-7-17(9-11)14(19)10-5-6-12(16-2)13(8-10)18(20)21/h5-6,8,11,15-16H,3-4,7,9H2,1-2H3. The van der Waals surface area contributed by atoms with Gasteiger partial charge in [-0.1, -0.05) is 0 Å². The first-order chi connectivity index (χ1) is 10.1. The predicted molar refractivity (Wildman–Crippen MR) is 80.6 cm³/mol. The van der Waals surface area contributed by atoms with Crippen LogP contribution in [0.1, 0.15) is 23.2 Å². The molecule has 2 rings (SSSR count). The molecule has 1 aliphatic rings. The number of nitro groups is 1. The van der Waals surface area contributed by atoms with E-state index in [9.17, 15) is 14.9 Å². The SMILES string of the molecule is CNc1ccc(C(=O)N2CCCC(NC)C2)cc1[N+](=O)[O-].